The van der Waals surface area contributed by atoms with E-state index in [1.165, 1.54) is 51.4 Å². The Morgan fingerprint density at radius 3 is 2.20 bits per heavy atom. The maximum absolute atomic E-state index is 5.09. The van der Waals surface area contributed by atoms with Gasteiger partial charge in [0.05, 0.1) is 25.1 Å². The number of nitrogens with zero attached hydrogens (tertiary/aromatic N) is 4. The van der Waals surface area contributed by atoms with Crippen molar-refractivity contribution in [3.63, 3.8) is 0 Å². The lowest BCUT2D eigenvalue weighted by atomic mass is 9.79. The second-order valence-corrected chi connectivity index (χ2v) is 6.99. The van der Waals surface area contributed by atoms with Crippen LogP contribution in [-0.2, 0) is 0 Å². The summed E-state index contributed by atoms with van der Waals surface area (Å²) in [5, 5.41) is 0. The summed E-state index contributed by atoms with van der Waals surface area (Å²) in [5.74, 6) is 3.68. The minimum atomic E-state index is 0.508. The second kappa shape index (κ2) is 8.88. The average Bonchev–Trinajstić information content (AvgIpc) is 2.69. The molecule has 1 aliphatic carbocycles. The number of hydrogen-bond acceptors (Lipinski definition) is 5. The summed E-state index contributed by atoms with van der Waals surface area (Å²) in [4.78, 5) is 17.8. The fourth-order valence-corrected chi connectivity index (χ4v) is 3.63. The van der Waals surface area contributed by atoms with E-state index in [1.807, 2.05) is 12.4 Å². The number of unbranched alkanes of at least 4 members (excludes halogenated alkanes) is 2. The van der Waals surface area contributed by atoms with E-state index < -0.39 is 0 Å². The van der Waals surface area contributed by atoms with Crippen LogP contribution in [0.5, 0.6) is 5.75 Å². The molecule has 2 heterocycles. The van der Waals surface area contributed by atoms with Gasteiger partial charge in [0, 0.05) is 18.3 Å². The molecule has 0 unspecified atom stereocenters. The number of ether oxygens (including phenoxy) is 1. The average molecular weight is 340 g/mol. The molecule has 0 atom stereocenters. The molecule has 2 aromatic heterocycles. The fraction of sp³-hybridized carbons (Fsp3) is 0.600. The molecule has 0 bridgehead atoms. The van der Waals surface area contributed by atoms with Gasteiger partial charge in [0.15, 0.2) is 11.6 Å². The monoisotopic (exact) mass is 340 g/mol. The molecule has 1 aliphatic rings. The number of hydrogen-bond donors (Lipinski definition) is 0. The first-order valence-corrected chi connectivity index (χ1v) is 9.48. The second-order valence-electron chi connectivity index (χ2n) is 6.99. The summed E-state index contributed by atoms with van der Waals surface area (Å²) in [6.07, 6.45) is 17.6. The van der Waals surface area contributed by atoms with Gasteiger partial charge in [-0.05, 0) is 31.6 Å². The lowest BCUT2D eigenvalue weighted by Gasteiger charge is -2.27. The smallest absolute Gasteiger partial charge is 0.162 e. The van der Waals surface area contributed by atoms with Crippen molar-refractivity contribution in [2.75, 3.05) is 7.11 Å². The minimum Gasteiger partial charge on any atom is -0.494 e. The van der Waals surface area contributed by atoms with Crippen LogP contribution in [0.3, 0.4) is 0 Å². The molecule has 0 N–H and O–H groups in total. The molecule has 0 aromatic carbocycles. The largest absolute Gasteiger partial charge is 0.494 e. The summed E-state index contributed by atoms with van der Waals surface area (Å²) < 4.78 is 5.09. The van der Waals surface area contributed by atoms with Crippen molar-refractivity contribution in [2.45, 2.75) is 64.2 Å². The van der Waals surface area contributed by atoms with Crippen molar-refractivity contribution in [1.29, 1.82) is 0 Å². The Bertz CT molecular complexity index is 634. The van der Waals surface area contributed by atoms with Crippen LogP contribution in [-0.4, -0.2) is 27.0 Å². The number of methoxy groups -OCH3 is 1. The molecule has 0 spiro atoms. The van der Waals surface area contributed by atoms with Gasteiger partial charge in [0.25, 0.3) is 0 Å². The SMILES string of the molecule is CCCCCC1CCC(c2ncc(-c3ncc(OC)cn3)cn2)CC1. The standard InChI is InChI=1S/C20H28N4O/c1-3-4-5-6-15-7-9-16(10-8-15)19-21-11-17(12-22-19)20-23-13-18(25-2)14-24-20/h11-16H,3-10H2,1-2H3. The van der Waals surface area contributed by atoms with E-state index in [4.69, 9.17) is 4.74 Å². The van der Waals surface area contributed by atoms with Crippen LogP contribution in [0.1, 0.15) is 70.0 Å². The molecule has 1 fully saturated rings. The molecular weight excluding hydrogens is 312 g/mol. The first kappa shape index (κ1) is 17.8. The van der Waals surface area contributed by atoms with Gasteiger partial charge in [0.1, 0.15) is 5.82 Å². The zero-order chi connectivity index (χ0) is 17.5. The van der Waals surface area contributed by atoms with Crippen molar-refractivity contribution in [3.05, 3.63) is 30.6 Å². The zero-order valence-electron chi connectivity index (χ0n) is 15.3. The van der Waals surface area contributed by atoms with Gasteiger partial charge in [-0.1, -0.05) is 32.6 Å². The Kier molecular flexibility index (Phi) is 6.31. The molecule has 0 saturated heterocycles. The third-order valence-electron chi connectivity index (χ3n) is 5.22. The summed E-state index contributed by atoms with van der Waals surface area (Å²) in [5.41, 5.74) is 0.847. The van der Waals surface area contributed by atoms with Crippen molar-refractivity contribution >= 4 is 0 Å². The van der Waals surface area contributed by atoms with E-state index in [9.17, 15) is 0 Å². The lowest BCUT2D eigenvalue weighted by Crippen LogP contribution is -2.15. The number of rotatable bonds is 7. The van der Waals surface area contributed by atoms with Gasteiger partial charge in [-0.25, -0.2) is 19.9 Å². The summed E-state index contributed by atoms with van der Waals surface area (Å²) in [6.45, 7) is 2.27. The van der Waals surface area contributed by atoms with Crippen molar-refractivity contribution in [2.24, 2.45) is 5.92 Å². The van der Waals surface area contributed by atoms with Crippen LogP contribution < -0.4 is 4.74 Å². The fourth-order valence-electron chi connectivity index (χ4n) is 3.63. The minimum absolute atomic E-state index is 0.508. The van der Waals surface area contributed by atoms with E-state index in [1.54, 1.807) is 19.5 Å². The first-order chi connectivity index (χ1) is 12.3. The molecule has 2 aromatic rings. The third kappa shape index (κ3) is 4.74. The van der Waals surface area contributed by atoms with E-state index in [0.717, 1.165) is 17.3 Å². The highest BCUT2D eigenvalue weighted by molar-refractivity contribution is 5.51. The van der Waals surface area contributed by atoms with Gasteiger partial charge in [-0.15, -0.1) is 0 Å². The lowest BCUT2D eigenvalue weighted by molar-refractivity contribution is 0.297. The van der Waals surface area contributed by atoms with Crippen LogP contribution in [0, 0.1) is 5.92 Å². The van der Waals surface area contributed by atoms with Gasteiger partial charge < -0.3 is 4.74 Å². The Morgan fingerprint density at radius 2 is 1.60 bits per heavy atom. The quantitative estimate of drug-likeness (QED) is 0.678. The van der Waals surface area contributed by atoms with Gasteiger partial charge in [0.2, 0.25) is 0 Å². The maximum Gasteiger partial charge on any atom is 0.162 e. The Morgan fingerprint density at radius 1 is 0.920 bits per heavy atom. The molecule has 3 rings (SSSR count). The summed E-state index contributed by atoms with van der Waals surface area (Å²) in [6, 6.07) is 0. The van der Waals surface area contributed by atoms with Gasteiger partial charge in [-0.2, -0.15) is 0 Å². The molecule has 1 saturated carbocycles. The highest BCUT2D eigenvalue weighted by Gasteiger charge is 2.23. The Balaban J connectivity index is 1.56. The van der Waals surface area contributed by atoms with Crippen LogP contribution in [0.15, 0.2) is 24.8 Å². The molecule has 0 amide bonds. The van der Waals surface area contributed by atoms with Gasteiger partial charge >= 0.3 is 0 Å². The van der Waals surface area contributed by atoms with Crippen molar-refractivity contribution in [3.8, 4) is 17.1 Å². The molecule has 5 nitrogen and oxygen atoms in total. The molecule has 0 aliphatic heterocycles. The van der Waals surface area contributed by atoms with Crippen molar-refractivity contribution < 1.29 is 4.74 Å². The number of aromatic nitrogens is 4. The van der Waals surface area contributed by atoms with Crippen LogP contribution >= 0.6 is 0 Å². The van der Waals surface area contributed by atoms with Crippen LogP contribution in [0.2, 0.25) is 0 Å². The summed E-state index contributed by atoms with van der Waals surface area (Å²) >= 11 is 0. The van der Waals surface area contributed by atoms with Crippen molar-refractivity contribution in [1.82, 2.24) is 19.9 Å². The summed E-state index contributed by atoms with van der Waals surface area (Å²) in [7, 11) is 1.61. The normalized spacial score (nSPS) is 20.4. The zero-order valence-corrected chi connectivity index (χ0v) is 15.3. The highest BCUT2D eigenvalue weighted by Crippen LogP contribution is 2.36. The maximum atomic E-state index is 5.09. The van der Waals surface area contributed by atoms with E-state index >= 15 is 0 Å². The topological polar surface area (TPSA) is 60.8 Å². The third-order valence-corrected chi connectivity index (χ3v) is 5.22. The van der Waals surface area contributed by atoms with Gasteiger partial charge in [-0.3, -0.25) is 0 Å². The van der Waals surface area contributed by atoms with E-state index in [2.05, 4.69) is 26.9 Å². The van der Waals surface area contributed by atoms with Crippen LogP contribution in [0.4, 0.5) is 0 Å². The van der Waals surface area contributed by atoms with E-state index in [0.29, 0.717) is 17.5 Å². The molecular formula is C20H28N4O. The Hall–Kier alpha value is -2.04. The van der Waals surface area contributed by atoms with Crippen LogP contribution in [0.25, 0.3) is 11.4 Å². The first-order valence-electron chi connectivity index (χ1n) is 9.48. The van der Waals surface area contributed by atoms with E-state index in [-0.39, 0.29) is 0 Å². The Labute approximate surface area is 150 Å². The predicted molar refractivity (Wildman–Crippen MR) is 98.5 cm³/mol. The molecule has 25 heavy (non-hydrogen) atoms. The highest BCUT2D eigenvalue weighted by atomic mass is 16.5. The molecule has 0 radical (unpaired) electrons. The molecule has 134 valence electrons. The molecule has 5 heteroatoms. The predicted octanol–water partition coefficient (Wildman–Crippen LogP) is 4.80.